The van der Waals surface area contributed by atoms with Crippen molar-refractivity contribution in [3.05, 3.63) is 24.0 Å². The highest BCUT2D eigenvalue weighted by Crippen LogP contribution is 2.17. The minimum Gasteiger partial charge on any atom is -0.491 e. The van der Waals surface area contributed by atoms with Crippen LogP contribution in [0.3, 0.4) is 0 Å². The SMILES string of the molecule is CC(C)Oc1ccncc1CO. The fourth-order valence-corrected chi connectivity index (χ4v) is 0.902. The third-order valence-electron chi connectivity index (χ3n) is 1.39. The van der Waals surface area contributed by atoms with Crippen LogP contribution in [-0.2, 0) is 6.61 Å². The quantitative estimate of drug-likeness (QED) is 0.739. The van der Waals surface area contributed by atoms with E-state index in [9.17, 15) is 0 Å². The molecule has 0 atom stereocenters. The molecule has 0 aliphatic carbocycles. The maximum Gasteiger partial charge on any atom is 0.128 e. The summed E-state index contributed by atoms with van der Waals surface area (Å²) in [4.78, 5) is 3.88. The number of aromatic nitrogens is 1. The summed E-state index contributed by atoms with van der Waals surface area (Å²) in [7, 11) is 0. The van der Waals surface area contributed by atoms with Crippen molar-refractivity contribution >= 4 is 0 Å². The summed E-state index contributed by atoms with van der Waals surface area (Å²) in [6, 6.07) is 1.76. The van der Waals surface area contributed by atoms with Crippen molar-refractivity contribution < 1.29 is 9.84 Å². The summed E-state index contributed by atoms with van der Waals surface area (Å²) in [6.45, 7) is 3.86. The monoisotopic (exact) mass is 167 g/mol. The van der Waals surface area contributed by atoms with Gasteiger partial charge in [0.1, 0.15) is 5.75 Å². The van der Waals surface area contributed by atoms with E-state index in [1.54, 1.807) is 18.5 Å². The average molecular weight is 167 g/mol. The fourth-order valence-electron chi connectivity index (χ4n) is 0.902. The van der Waals surface area contributed by atoms with Gasteiger partial charge >= 0.3 is 0 Å². The summed E-state index contributed by atoms with van der Waals surface area (Å²) in [5, 5.41) is 8.91. The van der Waals surface area contributed by atoms with E-state index in [-0.39, 0.29) is 12.7 Å². The summed E-state index contributed by atoms with van der Waals surface area (Å²) in [5.41, 5.74) is 0.728. The van der Waals surface area contributed by atoms with Crippen LogP contribution in [0.25, 0.3) is 0 Å². The van der Waals surface area contributed by atoms with Gasteiger partial charge < -0.3 is 9.84 Å². The third-order valence-corrected chi connectivity index (χ3v) is 1.39. The van der Waals surface area contributed by atoms with E-state index < -0.39 is 0 Å². The minimum atomic E-state index is -0.0319. The second-order valence-corrected chi connectivity index (χ2v) is 2.81. The number of aliphatic hydroxyl groups excluding tert-OH is 1. The van der Waals surface area contributed by atoms with Crippen molar-refractivity contribution in [1.29, 1.82) is 0 Å². The highest BCUT2D eigenvalue weighted by molar-refractivity contribution is 5.29. The molecule has 3 heteroatoms. The number of pyridine rings is 1. The Labute approximate surface area is 72.0 Å². The zero-order chi connectivity index (χ0) is 8.97. The zero-order valence-corrected chi connectivity index (χ0v) is 7.32. The Morgan fingerprint density at radius 3 is 2.92 bits per heavy atom. The summed E-state index contributed by atoms with van der Waals surface area (Å²) in [5.74, 6) is 0.711. The number of hydrogen-bond acceptors (Lipinski definition) is 3. The molecule has 1 rings (SSSR count). The van der Waals surface area contributed by atoms with Gasteiger partial charge in [-0.05, 0) is 19.9 Å². The van der Waals surface area contributed by atoms with Crippen LogP contribution >= 0.6 is 0 Å². The van der Waals surface area contributed by atoms with Crippen molar-refractivity contribution in [2.24, 2.45) is 0 Å². The van der Waals surface area contributed by atoms with Crippen molar-refractivity contribution in [3.8, 4) is 5.75 Å². The van der Waals surface area contributed by atoms with Crippen molar-refractivity contribution in [2.75, 3.05) is 0 Å². The Balaban J connectivity index is 2.82. The molecule has 0 spiro atoms. The first-order valence-corrected chi connectivity index (χ1v) is 3.94. The van der Waals surface area contributed by atoms with Gasteiger partial charge in [-0.2, -0.15) is 0 Å². The number of nitrogens with zero attached hydrogens (tertiary/aromatic N) is 1. The largest absolute Gasteiger partial charge is 0.491 e. The molecule has 1 N–H and O–H groups in total. The molecule has 0 saturated carbocycles. The second-order valence-electron chi connectivity index (χ2n) is 2.81. The molecule has 0 bridgehead atoms. The first-order chi connectivity index (χ1) is 5.74. The van der Waals surface area contributed by atoms with Crippen LogP contribution in [0.4, 0.5) is 0 Å². The standard InChI is InChI=1S/C9H13NO2/c1-7(2)12-9-3-4-10-5-8(9)6-11/h3-5,7,11H,6H2,1-2H3. The minimum absolute atomic E-state index is 0.0319. The Bertz CT molecular complexity index is 248. The highest BCUT2D eigenvalue weighted by Gasteiger charge is 2.03. The van der Waals surface area contributed by atoms with Crippen LogP contribution < -0.4 is 4.74 Å². The predicted molar refractivity (Wildman–Crippen MR) is 45.9 cm³/mol. The van der Waals surface area contributed by atoms with Crippen LogP contribution in [-0.4, -0.2) is 16.2 Å². The predicted octanol–water partition coefficient (Wildman–Crippen LogP) is 1.36. The lowest BCUT2D eigenvalue weighted by Gasteiger charge is -2.11. The Hall–Kier alpha value is -1.09. The number of ether oxygens (including phenoxy) is 1. The smallest absolute Gasteiger partial charge is 0.128 e. The van der Waals surface area contributed by atoms with Gasteiger partial charge in [-0.3, -0.25) is 4.98 Å². The second kappa shape index (κ2) is 4.07. The molecule has 0 aliphatic rings. The molecule has 0 fully saturated rings. The topological polar surface area (TPSA) is 42.4 Å². The van der Waals surface area contributed by atoms with E-state index in [2.05, 4.69) is 4.98 Å². The molecule has 66 valence electrons. The van der Waals surface area contributed by atoms with Crippen LogP contribution in [0.5, 0.6) is 5.75 Å². The van der Waals surface area contributed by atoms with Gasteiger partial charge in [-0.1, -0.05) is 0 Å². The van der Waals surface area contributed by atoms with Crippen molar-refractivity contribution in [1.82, 2.24) is 4.98 Å². The summed E-state index contributed by atoms with van der Waals surface area (Å²) >= 11 is 0. The van der Waals surface area contributed by atoms with E-state index in [4.69, 9.17) is 9.84 Å². The first-order valence-electron chi connectivity index (χ1n) is 3.94. The molecule has 1 heterocycles. The Kier molecular flexibility index (Phi) is 3.05. The first kappa shape index (κ1) is 9.00. The van der Waals surface area contributed by atoms with Crippen LogP contribution in [0.15, 0.2) is 18.5 Å². The van der Waals surface area contributed by atoms with Gasteiger partial charge in [0.05, 0.1) is 12.7 Å². The maximum atomic E-state index is 8.91. The molecule has 0 aliphatic heterocycles. The van der Waals surface area contributed by atoms with Crippen LogP contribution in [0, 0.1) is 0 Å². The Morgan fingerprint density at radius 1 is 1.58 bits per heavy atom. The molecule has 1 aromatic rings. The lowest BCUT2D eigenvalue weighted by molar-refractivity contribution is 0.225. The zero-order valence-electron chi connectivity index (χ0n) is 7.32. The molecular formula is C9H13NO2. The molecule has 0 saturated heterocycles. The summed E-state index contributed by atoms with van der Waals surface area (Å²) < 4.78 is 5.44. The molecule has 12 heavy (non-hydrogen) atoms. The van der Waals surface area contributed by atoms with E-state index in [0.717, 1.165) is 5.56 Å². The van der Waals surface area contributed by atoms with Gasteiger partial charge in [0.15, 0.2) is 0 Å². The number of aliphatic hydroxyl groups is 1. The molecular weight excluding hydrogens is 154 g/mol. The highest BCUT2D eigenvalue weighted by atomic mass is 16.5. The van der Waals surface area contributed by atoms with Gasteiger partial charge in [0, 0.05) is 18.0 Å². The number of rotatable bonds is 3. The fraction of sp³-hybridized carbons (Fsp3) is 0.444. The van der Waals surface area contributed by atoms with Crippen LogP contribution in [0.1, 0.15) is 19.4 Å². The van der Waals surface area contributed by atoms with Gasteiger partial charge in [0.2, 0.25) is 0 Å². The van der Waals surface area contributed by atoms with Gasteiger partial charge in [-0.15, -0.1) is 0 Å². The summed E-state index contributed by atoms with van der Waals surface area (Å²) in [6.07, 6.45) is 3.38. The molecule has 3 nitrogen and oxygen atoms in total. The van der Waals surface area contributed by atoms with E-state index in [0.29, 0.717) is 5.75 Å². The normalized spacial score (nSPS) is 10.3. The maximum absolute atomic E-state index is 8.91. The lowest BCUT2D eigenvalue weighted by Crippen LogP contribution is -2.07. The lowest BCUT2D eigenvalue weighted by atomic mass is 10.3. The van der Waals surface area contributed by atoms with E-state index >= 15 is 0 Å². The van der Waals surface area contributed by atoms with Crippen LogP contribution in [0.2, 0.25) is 0 Å². The average Bonchev–Trinajstić information content (AvgIpc) is 2.04. The molecule has 0 aromatic carbocycles. The molecule has 1 aromatic heterocycles. The number of hydrogen-bond donors (Lipinski definition) is 1. The van der Waals surface area contributed by atoms with E-state index in [1.165, 1.54) is 0 Å². The van der Waals surface area contributed by atoms with Crippen molar-refractivity contribution in [3.63, 3.8) is 0 Å². The third kappa shape index (κ3) is 2.20. The Morgan fingerprint density at radius 2 is 2.33 bits per heavy atom. The molecule has 0 radical (unpaired) electrons. The van der Waals surface area contributed by atoms with Gasteiger partial charge in [-0.25, -0.2) is 0 Å². The van der Waals surface area contributed by atoms with Crippen molar-refractivity contribution in [2.45, 2.75) is 26.6 Å². The molecule has 0 unspecified atom stereocenters. The molecule has 0 amide bonds. The van der Waals surface area contributed by atoms with E-state index in [1.807, 2.05) is 13.8 Å². The van der Waals surface area contributed by atoms with Gasteiger partial charge in [0.25, 0.3) is 0 Å².